The minimum Gasteiger partial charge on any atom is -0.411 e. The van der Waals surface area contributed by atoms with E-state index in [9.17, 15) is 0 Å². The first-order chi connectivity index (χ1) is 6.77. The summed E-state index contributed by atoms with van der Waals surface area (Å²) in [4.78, 5) is 4.17. The van der Waals surface area contributed by atoms with Crippen LogP contribution in [0.15, 0.2) is 23.5 Å². The van der Waals surface area contributed by atoms with Crippen molar-refractivity contribution in [1.29, 1.82) is 0 Å². The highest BCUT2D eigenvalue weighted by Crippen LogP contribution is 2.07. The second kappa shape index (κ2) is 5.37. The van der Waals surface area contributed by atoms with Gasteiger partial charge in [-0.05, 0) is 37.5 Å². The molecule has 0 amide bonds. The largest absolute Gasteiger partial charge is 0.411 e. The summed E-state index contributed by atoms with van der Waals surface area (Å²) in [5.74, 6) is 0. The highest BCUT2D eigenvalue weighted by molar-refractivity contribution is 5.98. The topological polar surface area (TPSA) is 45.5 Å². The Morgan fingerprint density at radius 2 is 2.36 bits per heavy atom. The first-order valence-corrected chi connectivity index (χ1v) is 4.92. The van der Waals surface area contributed by atoms with Gasteiger partial charge in [0.25, 0.3) is 0 Å². The first-order valence-electron chi connectivity index (χ1n) is 4.92. The van der Waals surface area contributed by atoms with E-state index in [1.54, 1.807) is 6.20 Å². The summed E-state index contributed by atoms with van der Waals surface area (Å²) in [5, 5.41) is 12.1. The fraction of sp³-hybridized carbons (Fsp3) is 0.455. The molecule has 1 N–H and O–H groups in total. The van der Waals surface area contributed by atoms with Crippen LogP contribution >= 0.6 is 0 Å². The van der Waals surface area contributed by atoms with E-state index in [1.807, 2.05) is 19.1 Å². The lowest BCUT2D eigenvalue weighted by molar-refractivity contribution is 0.317. The quantitative estimate of drug-likeness (QED) is 0.453. The van der Waals surface area contributed by atoms with Crippen LogP contribution in [0.5, 0.6) is 0 Å². The van der Waals surface area contributed by atoms with E-state index < -0.39 is 0 Å². The van der Waals surface area contributed by atoms with Gasteiger partial charge in [0.1, 0.15) is 5.71 Å². The number of nitrogens with zero attached hydrogens (tertiary/aromatic N) is 2. The predicted molar refractivity (Wildman–Crippen MR) is 56.8 cm³/mol. The first kappa shape index (κ1) is 10.7. The fourth-order valence-corrected chi connectivity index (χ4v) is 1.27. The number of pyridine rings is 1. The smallest absolute Gasteiger partial charge is 0.105 e. The molecule has 1 aromatic rings. The molecule has 0 radical (unpaired) electrons. The maximum absolute atomic E-state index is 8.84. The molecular weight excluding hydrogens is 176 g/mol. The van der Waals surface area contributed by atoms with Crippen LogP contribution < -0.4 is 0 Å². The van der Waals surface area contributed by atoms with Gasteiger partial charge in [0.15, 0.2) is 0 Å². The van der Waals surface area contributed by atoms with E-state index in [1.165, 1.54) is 0 Å². The van der Waals surface area contributed by atoms with Gasteiger partial charge in [0, 0.05) is 6.20 Å². The zero-order valence-electron chi connectivity index (χ0n) is 8.70. The van der Waals surface area contributed by atoms with Crippen molar-refractivity contribution in [3.8, 4) is 0 Å². The summed E-state index contributed by atoms with van der Waals surface area (Å²) in [5.41, 5.74) is 2.59. The number of aromatic nitrogens is 1. The molecule has 3 heteroatoms. The lowest BCUT2D eigenvalue weighted by Gasteiger charge is -2.03. The van der Waals surface area contributed by atoms with Gasteiger partial charge in [-0.1, -0.05) is 18.5 Å². The molecule has 1 heterocycles. The fourth-order valence-electron chi connectivity index (χ4n) is 1.27. The SMILES string of the molecule is CCCC/C(=N\O)c1cc(C)ccn1. The van der Waals surface area contributed by atoms with Gasteiger partial charge in [-0.25, -0.2) is 0 Å². The van der Waals surface area contributed by atoms with E-state index in [0.29, 0.717) is 5.71 Å². The van der Waals surface area contributed by atoms with Crippen LogP contribution in [-0.2, 0) is 0 Å². The molecule has 0 aliphatic heterocycles. The standard InChI is InChI=1S/C11H16N2O/c1-3-4-5-10(13-14)11-8-9(2)6-7-12-11/h6-8,14H,3-5H2,1-2H3/b13-10+. The van der Waals surface area contributed by atoms with Gasteiger partial charge in [0.2, 0.25) is 0 Å². The van der Waals surface area contributed by atoms with Gasteiger partial charge in [-0.2, -0.15) is 0 Å². The summed E-state index contributed by atoms with van der Waals surface area (Å²) in [6.07, 6.45) is 4.63. The van der Waals surface area contributed by atoms with Crippen LogP contribution in [0, 0.1) is 6.92 Å². The van der Waals surface area contributed by atoms with E-state index in [4.69, 9.17) is 5.21 Å². The Morgan fingerprint density at radius 1 is 1.57 bits per heavy atom. The van der Waals surface area contributed by atoms with Crippen molar-refractivity contribution in [3.05, 3.63) is 29.6 Å². The van der Waals surface area contributed by atoms with Crippen LogP contribution in [0.4, 0.5) is 0 Å². The molecular formula is C11H16N2O. The van der Waals surface area contributed by atoms with Crippen molar-refractivity contribution in [2.75, 3.05) is 0 Å². The molecule has 0 bridgehead atoms. The molecule has 0 fully saturated rings. The number of aryl methyl sites for hydroxylation is 1. The van der Waals surface area contributed by atoms with Crippen LogP contribution in [0.2, 0.25) is 0 Å². The van der Waals surface area contributed by atoms with E-state index >= 15 is 0 Å². The minimum absolute atomic E-state index is 0.676. The summed E-state index contributed by atoms with van der Waals surface area (Å²) >= 11 is 0. The average molecular weight is 192 g/mol. The molecule has 0 saturated heterocycles. The van der Waals surface area contributed by atoms with E-state index in [-0.39, 0.29) is 0 Å². The van der Waals surface area contributed by atoms with Crippen molar-refractivity contribution in [2.24, 2.45) is 5.16 Å². The Bertz CT molecular complexity index is 321. The van der Waals surface area contributed by atoms with Crippen molar-refractivity contribution < 1.29 is 5.21 Å². The number of hydrogen-bond acceptors (Lipinski definition) is 3. The highest BCUT2D eigenvalue weighted by Gasteiger charge is 2.04. The molecule has 0 aliphatic rings. The third kappa shape index (κ3) is 2.83. The molecule has 0 atom stereocenters. The molecule has 0 aromatic carbocycles. The van der Waals surface area contributed by atoms with Crippen LogP contribution in [0.3, 0.4) is 0 Å². The Hall–Kier alpha value is -1.38. The normalized spacial score (nSPS) is 11.7. The third-order valence-electron chi connectivity index (χ3n) is 2.10. The molecule has 0 aliphatic carbocycles. The Balaban J connectivity index is 2.79. The molecule has 0 saturated carbocycles. The lowest BCUT2D eigenvalue weighted by Crippen LogP contribution is -2.03. The zero-order chi connectivity index (χ0) is 10.4. The molecule has 3 nitrogen and oxygen atoms in total. The average Bonchev–Trinajstić information content (AvgIpc) is 2.19. The molecule has 76 valence electrons. The van der Waals surface area contributed by atoms with Crippen molar-refractivity contribution in [1.82, 2.24) is 4.98 Å². The Labute approximate surface area is 84.5 Å². The Kier molecular flexibility index (Phi) is 4.11. The van der Waals surface area contributed by atoms with E-state index in [2.05, 4.69) is 17.1 Å². The number of unbranched alkanes of at least 4 members (excludes halogenated alkanes) is 1. The third-order valence-corrected chi connectivity index (χ3v) is 2.10. The van der Waals surface area contributed by atoms with Crippen LogP contribution in [0.1, 0.15) is 37.4 Å². The molecule has 14 heavy (non-hydrogen) atoms. The molecule has 1 rings (SSSR count). The summed E-state index contributed by atoms with van der Waals surface area (Å²) < 4.78 is 0. The van der Waals surface area contributed by atoms with Gasteiger partial charge < -0.3 is 5.21 Å². The van der Waals surface area contributed by atoms with Crippen LogP contribution in [-0.4, -0.2) is 15.9 Å². The molecule has 1 aromatic heterocycles. The maximum atomic E-state index is 8.84. The van der Waals surface area contributed by atoms with Gasteiger partial charge in [0.05, 0.1) is 5.69 Å². The second-order valence-corrected chi connectivity index (χ2v) is 3.37. The van der Waals surface area contributed by atoms with Gasteiger partial charge in [-0.3, -0.25) is 4.98 Å². The number of hydrogen-bond donors (Lipinski definition) is 1. The van der Waals surface area contributed by atoms with Crippen molar-refractivity contribution >= 4 is 5.71 Å². The van der Waals surface area contributed by atoms with Crippen molar-refractivity contribution in [2.45, 2.75) is 33.1 Å². The predicted octanol–water partition coefficient (Wildman–Crippen LogP) is 2.76. The number of rotatable bonds is 4. The van der Waals surface area contributed by atoms with Crippen molar-refractivity contribution in [3.63, 3.8) is 0 Å². The zero-order valence-corrected chi connectivity index (χ0v) is 8.70. The van der Waals surface area contributed by atoms with Gasteiger partial charge >= 0.3 is 0 Å². The summed E-state index contributed by atoms with van der Waals surface area (Å²) in [6, 6.07) is 3.86. The van der Waals surface area contributed by atoms with Gasteiger partial charge in [-0.15, -0.1) is 0 Å². The lowest BCUT2D eigenvalue weighted by atomic mass is 10.1. The van der Waals surface area contributed by atoms with Crippen LogP contribution in [0.25, 0.3) is 0 Å². The summed E-state index contributed by atoms with van der Waals surface area (Å²) in [6.45, 7) is 4.11. The molecule has 0 spiro atoms. The maximum Gasteiger partial charge on any atom is 0.105 e. The Morgan fingerprint density at radius 3 is 2.93 bits per heavy atom. The number of oxime groups is 1. The van der Waals surface area contributed by atoms with E-state index in [0.717, 1.165) is 30.5 Å². The highest BCUT2D eigenvalue weighted by atomic mass is 16.4. The second-order valence-electron chi connectivity index (χ2n) is 3.37. The molecule has 0 unspecified atom stereocenters. The monoisotopic (exact) mass is 192 g/mol. The minimum atomic E-state index is 0.676. The summed E-state index contributed by atoms with van der Waals surface area (Å²) in [7, 11) is 0.